The fourth-order valence-corrected chi connectivity index (χ4v) is 1.76. The first kappa shape index (κ1) is 9.24. The third kappa shape index (κ3) is 1.64. The maximum Gasteiger partial charge on any atom is 0.307 e. The molecule has 0 amide bonds. The molecule has 14 heavy (non-hydrogen) atoms. The van der Waals surface area contributed by atoms with Gasteiger partial charge in [0.25, 0.3) is 0 Å². The van der Waals surface area contributed by atoms with E-state index in [1.165, 1.54) is 0 Å². The first-order valence-corrected chi connectivity index (χ1v) is 4.97. The van der Waals surface area contributed by atoms with E-state index in [2.05, 4.69) is 12.0 Å². The lowest BCUT2D eigenvalue weighted by Crippen LogP contribution is -1.98. The molecule has 0 aliphatic heterocycles. The molecule has 1 aromatic rings. The minimum atomic E-state index is -0.682. The summed E-state index contributed by atoms with van der Waals surface area (Å²) in [5, 5.41) is 13.0. The zero-order valence-electron chi connectivity index (χ0n) is 8.18. The Labute approximate surface area is 82.5 Å². The summed E-state index contributed by atoms with van der Waals surface area (Å²) in [4.78, 5) is 10.7. The van der Waals surface area contributed by atoms with E-state index in [1.807, 2.05) is 10.9 Å². The van der Waals surface area contributed by atoms with Crippen molar-refractivity contribution in [2.24, 2.45) is 5.92 Å². The minimum absolute atomic E-state index is 0.172. The summed E-state index contributed by atoms with van der Waals surface area (Å²) >= 11 is 0. The van der Waals surface area contributed by atoms with Crippen molar-refractivity contribution in [1.82, 2.24) is 9.78 Å². The molecule has 1 aliphatic rings. The van der Waals surface area contributed by atoms with Crippen LogP contribution in [0.1, 0.15) is 31.2 Å². The van der Waals surface area contributed by atoms with Crippen LogP contribution in [0.2, 0.25) is 0 Å². The molecule has 0 aromatic carbocycles. The van der Waals surface area contributed by atoms with Gasteiger partial charge in [0.15, 0.2) is 0 Å². The molecule has 0 bridgehead atoms. The molecule has 4 heteroatoms. The van der Waals surface area contributed by atoms with Crippen molar-refractivity contribution in [3.8, 4) is 0 Å². The van der Waals surface area contributed by atoms with E-state index in [4.69, 9.17) is 5.11 Å². The van der Waals surface area contributed by atoms with Gasteiger partial charge in [-0.3, -0.25) is 9.48 Å². The third-order valence-corrected chi connectivity index (χ3v) is 2.64. The second kappa shape index (κ2) is 3.44. The Balaban J connectivity index is 2.01. The number of aryl methyl sites for hydroxylation is 1. The normalized spacial score (nSPS) is 24.9. The van der Waals surface area contributed by atoms with E-state index < -0.39 is 5.97 Å². The summed E-state index contributed by atoms with van der Waals surface area (Å²) in [5.74, 6) is -0.648. The molecule has 1 aromatic heterocycles. The molecule has 0 unspecified atom stereocenters. The maximum absolute atomic E-state index is 10.7. The number of rotatable bonds is 4. The summed E-state index contributed by atoms with van der Waals surface area (Å²) in [5.41, 5.74) is 1.07. The fourth-order valence-electron chi connectivity index (χ4n) is 1.76. The molecular weight excluding hydrogens is 180 g/mol. The Hall–Kier alpha value is -1.32. The van der Waals surface area contributed by atoms with Gasteiger partial charge in [0.05, 0.1) is 12.1 Å². The molecule has 0 radical (unpaired) electrons. The third-order valence-electron chi connectivity index (χ3n) is 2.64. The van der Waals surface area contributed by atoms with Crippen LogP contribution in [0.4, 0.5) is 0 Å². The van der Waals surface area contributed by atoms with Crippen LogP contribution in [-0.4, -0.2) is 20.9 Å². The number of carboxylic acid groups (broad SMARTS) is 1. The highest BCUT2D eigenvalue weighted by Crippen LogP contribution is 2.47. The van der Waals surface area contributed by atoms with Crippen LogP contribution in [-0.2, 0) is 11.3 Å². The average Bonchev–Trinajstić information content (AvgIpc) is 2.82. The van der Waals surface area contributed by atoms with E-state index in [0.717, 1.165) is 24.9 Å². The molecule has 0 spiro atoms. The van der Waals surface area contributed by atoms with Crippen LogP contribution < -0.4 is 0 Å². The lowest BCUT2D eigenvalue weighted by atomic mass is 10.2. The van der Waals surface area contributed by atoms with Gasteiger partial charge in [-0.25, -0.2) is 0 Å². The van der Waals surface area contributed by atoms with E-state index in [-0.39, 0.29) is 11.8 Å². The van der Waals surface area contributed by atoms with E-state index >= 15 is 0 Å². The predicted molar refractivity (Wildman–Crippen MR) is 51.0 cm³/mol. The zero-order valence-corrected chi connectivity index (χ0v) is 8.18. The molecule has 1 saturated carbocycles. The van der Waals surface area contributed by atoms with E-state index in [0.29, 0.717) is 0 Å². The van der Waals surface area contributed by atoms with Gasteiger partial charge >= 0.3 is 5.97 Å². The first-order valence-electron chi connectivity index (χ1n) is 4.97. The Morgan fingerprint density at radius 1 is 1.79 bits per heavy atom. The number of hydrogen-bond acceptors (Lipinski definition) is 2. The van der Waals surface area contributed by atoms with E-state index in [9.17, 15) is 4.79 Å². The van der Waals surface area contributed by atoms with Gasteiger partial charge in [-0.05, 0) is 18.4 Å². The number of aliphatic carboxylic acids is 1. The Kier molecular flexibility index (Phi) is 2.27. The molecular formula is C10H14N2O2. The Morgan fingerprint density at radius 2 is 2.57 bits per heavy atom. The van der Waals surface area contributed by atoms with E-state index in [1.54, 1.807) is 6.20 Å². The van der Waals surface area contributed by atoms with Gasteiger partial charge in [0.1, 0.15) is 0 Å². The molecule has 1 heterocycles. The second-order valence-corrected chi connectivity index (χ2v) is 3.82. The van der Waals surface area contributed by atoms with Crippen LogP contribution in [0, 0.1) is 5.92 Å². The van der Waals surface area contributed by atoms with Crippen LogP contribution in [0.5, 0.6) is 0 Å². The van der Waals surface area contributed by atoms with Gasteiger partial charge in [0, 0.05) is 18.7 Å². The highest BCUT2D eigenvalue weighted by atomic mass is 16.4. The van der Waals surface area contributed by atoms with Crippen LogP contribution in [0.15, 0.2) is 12.4 Å². The molecule has 1 fully saturated rings. The molecule has 1 aliphatic carbocycles. The summed E-state index contributed by atoms with van der Waals surface area (Å²) in [6.07, 6.45) is 5.58. The predicted octanol–water partition coefficient (Wildman–Crippen LogP) is 1.48. The van der Waals surface area contributed by atoms with Gasteiger partial charge in [0.2, 0.25) is 0 Å². The average molecular weight is 194 g/mol. The van der Waals surface area contributed by atoms with Gasteiger partial charge in [-0.15, -0.1) is 0 Å². The Bertz CT molecular complexity index is 346. The molecule has 76 valence electrons. The number of aromatic nitrogens is 2. The van der Waals surface area contributed by atoms with Crippen molar-refractivity contribution in [2.45, 2.75) is 32.2 Å². The first-order chi connectivity index (χ1) is 6.72. The zero-order chi connectivity index (χ0) is 10.1. The van der Waals surface area contributed by atoms with Gasteiger partial charge in [-0.1, -0.05) is 6.92 Å². The smallest absolute Gasteiger partial charge is 0.307 e. The van der Waals surface area contributed by atoms with Gasteiger partial charge in [-0.2, -0.15) is 5.10 Å². The molecule has 4 nitrogen and oxygen atoms in total. The Morgan fingerprint density at radius 3 is 3.14 bits per heavy atom. The number of carbonyl (C=O) groups is 1. The van der Waals surface area contributed by atoms with Crippen LogP contribution in [0.25, 0.3) is 0 Å². The summed E-state index contributed by atoms with van der Waals surface area (Å²) in [7, 11) is 0. The SMILES string of the molecule is CCCn1cc([C@@H]2C[C@H]2C(=O)O)cn1. The highest BCUT2D eigenvalue weighted by molar-refractivity contribution is 5.75. The lowest BCUT2D eigenvalue weighted by molar-refractivity contribution is -0.138. The van der Waals surface area contributed by atoms with Crippen molar-refractivity contribution in [2.75, 3.05) is 0 Å². The maximum atomic E-state index is 10.7. The largest absolute Gasteiger partial charge is 0.481 e. The number of hydrogen-bond donors (Lipinski definition) is 1. The monoisotopic (exact) mass is 194 g/mol. The van der Waals surface area contributed by atoms with Gasteiger partial charge < -0.3 is 5.11 Å². The summed E-state index contributed by atoms with van der Waals surface area (Å²) in [6.45, 7) is 3.00. The van der Waals surface area contributed by atoms with Crippen molar-refractivity contribution in [3.05, 3.63) is 18.0 Å². The molecule has 2 atom stereocenters. The number of nitrogens with zero attached hydrogens (tertiary/aromatic N) is 2. The highest BCUT2D eigenvalue weighted by Gasteiger charge is 2.44. The van der Waals surface area contributed by atoms with Crippen LogP contribution in [0.3, 0.4) is 0 Å². The molecule has 2 rings (SSSR count). The van der Waals surface area contributed by atoms with Crippen molar-refractivity contribution < 1.29 is 9.90 Å². The minimum Gasteiger partial charge on any atom is -0.481 e. The quantitative estimate of drug-likeness (QED) is 0.789. The van der Waals surface area contributed by atoms with Crippen molar-refractivity contribution in [1.29, 1.82) is 0 Å². The summed E-state index contributed by atoms with van der Waals surface area (Å²) in [6, 6.07) is 0. The standard InChI is InChI=1S/C10H14N2O2/c1-2-3-12-6-7(5-11-12)8-4-9(8)10(13)14/h5-6,8-9H,2-4H2,1H3,(H,13,14)/t8-,9+/m0/s1. The number of carboxylic acids is 1. The second-order valence-electron chi connectivity index (χ2n) is 3.82. The molecule has 1 N–H and O–H groups in total. The van der Waals surface area contributed by atoms with Crippen molar-refractivity contribution >= 4 is 5.97 Å². The topological polar surface area (TPSA) is 55.1 Å². The molecule has 0 saturated heterocycles. The van der Waals surface area contributed by atoms with Crippen LogP contribution >= 0.6 is 0 Å². The lowest BCUT2D eigenvalue weighted by Gasteiger charge is -1.94. The van der Waals surface area contributed by atoms with Crippen molar-refractivity contribution in [3.63, 3.8) is 0 Å². The fraction of sp³-hybridized carbons (Fsp3) is 0.600. The summed E-state index contributed by atoms with van der Waals surface area (Å²) < 4.78 is 1.88.